The maximum Gasteiger partial charge on any atom is 0.389 e. The first kappa shape index (κ1) is 14.0. The van der Waals surface area contributed by atoms with Crippen molar-refractivity contribution in [2.45, 2.75) is 45.3 Å². The summed E-state index contributed by atoms with van der Waals surface area (Å²) >= 11 is 0. The summed E-state index contributed by atoms with van der Waals surface area (Å²) in [7, 11) is 0. The second-order valence-electron chi connectivity index (χ2n) is 4.40. The molecule has 1 rings (SSSR count). The molecule has 0 aliphatic carbocycles. The highest BCUT2D eigenvalue weighted by atomic mass is 19.4. The van der Waals surface area contributed by atoms with Gasteiger partial charge in [-0.15, -0.1) is 0 Å². The summed E-state index contributed by atoms with van der Waals surface area (Å²) in [6.45, 7) is 3.97. The molecule has 0 aliphatic rings. The van der Waals surface area contributed by atoms with E-state index in [0.29, 0.717) is 12.3 Å². The highest BCUT2D eigenvalue weighted by Gasteiger charge is 2.28. The molecule has 0 bridgehead atoms. The van der Waals surface area contributed by atoms with E-state index in [4.69, 9.17) is 10.3 Å². The van der Waals surface area contributed by atoms with Gasteiger partial charge in [-0.2, -0.15) is 18.2 Å². The number of aromatic nitrogens is 2. The molecule has 2 N–H and O–H groups in total. The van der Waals surface area contributed by atoms with Crippen molar-refractivity contribution in [1.29, 1.82) is 0 Å². The van der Waals surface area contributed by atoms with E-state index in [1.54, 1.807) is 0 Å². The number of aryl methyl sites for hydroxylation is 1. The van der Waals surface area contributed by atoms with Crippen LogP contribution in [-0.4, -0.2) is 16.3 Å². The van der Waals surface area contributed by atoms with E-state index in [0.717, 1.165) is 0 Å². The normalized spacial score (nSPS) is 14.3. The van der Waals surface area contributed by atoms with Crippen molar-refractivity contribution in [3.05, 3.63) is 11.7 Å². The lowest BCUT2D eigenvalue weighted by Gasteiger charge is -2.08. The van der Waals surface area contributed by atoms with Crippen LogP contribution in [0.2, 0.25) is 0 Å². The monoisotopic (exact) mass is 251 g/mol. The zero-order valence-electron chi connectivity index (χ0n) is 9.79. The van der Waals surface area contributed by atoms with Crippen molar-refractivity contribution in [2.24, 2.45) is 11.7 Å². The Morgan fingerprint density at radius 3 is 2.53 bits per heavy atom. The summed E-state index contributed by atoms with van der Waals surface area (Å²) in [5, 5.41) is 3.48. The van der Waals surface area contributed by atoms with E-state index >= 15 is 0 Å². The predicted octanol–water partition coefficient (Wildman–Crippen LogP) is 2.61. The number of hydrogen-bond acceptors (Lipinski definition) is 4. The van der Waals surface area contributed by atoms with Crippen LogP contribution in [0, 0.1) is 5.92 Å². The molecule has 0 saturated heterocycles. The molecule has 98 valence electrons. The topological polar surface area (TPSA) is 64.9 Å². The van der Waals surface area contributed by atoms with Crippen molar-refractivity contribution in [2.75, 3.05) is 0 Å². The maximum absolute atomic E-state index is 12.0. The Labute approximate surface area is 97.4 Å². The molecule has 1 atom stereocenters. The highest BCUT2D eigenvalue weighted by Crippen LogP contribution is 2.22. The first-order chi connectivity index (χ1) is 7.78. The fraction of sp³-hybridized carbons (Fsp3) is 0.800. The Kier molecular flexibility index (Phi) is 4.50. The molecule has 0 spiro atoms. The molecule has 4 nitrogen and oxygen atoms in total. The van der Waals surface area contributed by atoms with E-state index in [-0.39, 0.29) is 18.1 Å². The van der Waals surface area contributed by atoms with Crippen LogP contribution in [0.3, 0.4) is 0 Å². The smallest absolute Gasteiger partial charge is 0.338 e. The van der Waals surface area contributed by atoms with Crippen molar-refractivity contribution in [1.82, 2.24) is 10.1 Å². The average Bonchev–Trinajstić information content (AvgIpc) is 2.60. The fourth-order valence-corrected chi connectivity index (χ4v) is 1.38. The van der Waals surface area contributed by atoms with Gasteiger partial charge in [0.1, 0.15) is 0 Å². The minimum Gasteiger partial charge on any atom is -0.338 e. The van der Waals surface area contributed by atoms with Gasteiger partial charge in [0.15, 0.2) is 5.82 Å². The first-order valence-electron chi connectivity index (χ1n) is 5.42. The van der Waals surface area contributed by atoms with E-state index < -0.39 is 18.6 Å². The molecule has 0 fully saturated rings. The molecule has 7 heteroatoms. The van der Waals surface area contributed by atoms with E-state index in [9.17, 15) is 13.2 Å². The van der Waals surface area contributed by atoms with Crippen molar-refractivity contribution < 1.29 is 17.7 Å². The lowest BCUT2D eigenvalue weighted by atomic mass is 10.0. The van der Waals surface area contributed by atoms with E-state index in [1.165, 1.54) is 0 Å². The predicted molar refractivity (Wildman–Crippen MR) is 55.1 cm³/mol. The number of halogens is 3. The third kappa shape index (κ3) is 5.16. The van der Waals surface area contributed by atoms with E-state index in [2.05, 4.69) is 10.1 Å². The largest absolute Gasteiger partial charge is 0.389 e. The van der Waals surface area contributed by atoms with Crippen LogP contribution < -0.4 is 5.73 Å². The molecule has 0 radical (unpaired) electrons. The van der Waals surface area contributed by atoms with Gasteiger partial charge >= 0.3 is 6.18 Å². The summed E-state index contributed by atoms with van der Waals surface area (Å²) in [6, 6.07) is -0.415. The number of nitrogens with two attached hydrogens (primary N) is 1. The van der Waals surface area contributed by atoms with Crippen LogP contribution in [0.1, 0.15) is 44.4 Å². The van der Waals surface area contributed by atoms with Gasteiger partial charge in [-0.25, -0.2) is 0 Å². The Morgan fingerprint density at radius 2 is 2.00 bits per heavy atom. The Bertz CT molecular complexity index is 349. The Morgan fingerprint density at radius 1 is 1.35 bits per heavy atom. The molecule has 0 aliphatic heterocycles. The third-order valence-electron chi connectivity index (χ3n) is 2.16. The summed E-state index contributed by atoms with van der Waals surface area (Å²) in [5.41, 5.74) is 5.77. The quantitative estimate of drug-likeness (QED) is 0.873. The van der Waals surface area contributed by atoms with Crippen molar-refractivity contribution in [3.8, 4) is 0 Å². The van der Waals surface area contributed by atoms with Crippen LogP contribution in [0.5, 0.6) is 0 Å². The maximum atomic E-state index is 12.0. The minimum absolute atomic E-state index is 0.0523. The molecule has 0 aromatic carbocycles. The first-order valence-corrected chi connectivity index (χ1v) is 5.42. The molecule has 0 unspecified atom stereocenters. The molecule has 1 heterocycles. The van der Waals surface area contributed by atoms with Gasteiger partial charge in [0, 0.05) is 6.42 Å². The second-order valence-corrected chi connectivity index (χ2v) is 4.40. The molecule has 1 aromatic heterocycles. The molecule has 1 aromatic rings. The lowest BCUT2D eigenvalue weighted by Crippen LogP contribution is -2.13. The zero-order valence-corrected chi connectivity index (χ0v) is 9.79. The number of alkyl halides is 3. The SMILES string of the molecule is CC(C)C[C@@H](N)c1nc(CCC(F)(F)F)no1. The molecular formula is C10H16F3N3O. The Balaban J connectivity index is 2.53. The number of rotatable bonds is 5. The lowest BCUT2D eigenvalue weighted by molar-refractivity contribution is -0.134. The summed E-state index contributed by atoms with van der Waals surface area (Å²) in [4.78, 5) is 3.86. The van der Waals surface area contributed by atoms with Gasteiger partial charge in [-0.05, 0) is 12.3 Å². The second kappa shape index (κ2) is 5.48. The summed E-state index contributed by atoms with van der Waals surface area (Å²) in [5.74, 6) is 0.614. The van der Waals surface area contributed by atoms with Gasteiger partial charge in [-0.3, -0.25) is 0 Å². The van der Waals surface area contributed by atoms with Gasteiger partial charge in [-0.1, -0.05) is 19.0 Å². The van der Waals surface area contributed by atoms with Gasteiger partial charge in [0.25, 0.3) is 0 Å². The van der Waals surface area contributed by atoms with Crippen LogP contribution in [0.15, 0.2) is 4.52 Å². The fourth-order valence-electron chi connectivity index (χ4n) is 1.38. The average molecular weight is 251 g/mol. The highest BCUT2D eigenvalue weighted by molar-refractivity contribution is 4.92. The standard InChI is InChI=1S/C10H16F3N3O/c1-6(2)5-7(14)9-15-8(16-17-9)3-4-10(11,12)13/h6-7H,3-5,14H2,1-2H3/t7-/m1/s1. The van der Waals surface area contributed by atoms with Crippen LogP contribution in [-0.2, 0) is 6.42 Å². The van der Waals surface area contributed by atoms with Crippen LogP contribution in [0.25, 0.3) is 0 Å². The molecule has 17 heavy (non-hydrogen) atoms. The summed E-state index contributed by atoms with van der Waals surface area (Å²) in [6.07, 6.45) is -4.78. The number of hydrogen-bond donors (Lipinski definition) is 1. The van der Waals surface area contributed by atoms with Crippen LogP contribution >= 0.6 is 0 Å². The Hall–Kier alpha value is -1.11. The minimum atomic E-state index is -4.21. The van der Waals surface area contributed by atoms with Gasteiger partial charge in [0.05, 0.1) is 12.5 Å². The molecule has 0 saturated carbocycles. The third-order valence-corrected chi connectivity index (χ3v) is 2.16. The number of nitrogens with zero attached hydrogens (tertiary/aromatic N) is 2. The van der Waals surface area contributed by atoms with Crippen LogP contribution in [0.4, 0.5) is 13.2 Å². The summed E-state index contributed by atoms with van der Waals surface area (Å²) < 4.78 is 40.7. The van der Waals surface area contributed by atoms with Crippen molar-refractivity contribution >= 4 is 0 Å². The van der Waals surface area contributed by atoms with Gasteiger partial charge in [0.2, 0.25) is 5.89 Å². The van der Waals surface area contributed by atoms with Gasteiger partial charge < -0.3 is 10.3 Å². The van der Waals surface area contributed by atoms with E-state index in [1.807, 2.05) is 13.8 Å². The zero-order chi connectivity index (χ0) is 13.1. The van der Waals surface area contributed by atoms with Crippen molar-refractivity contribution in [3.63, 3.8) is 0 Å². The molecular weight excluding hydrogens is 235 g/mol. The molecule has 0 amide bonds.